The van der Waals surface area contributed by atoms with E-state index in [2.05, 4.69) is 31.5 Å². The summed E-state index contributed by atoms with van der Waals surface area (Å²) in [6.45, 7) is 4.73. The lowest BCUT2D eigenvalue weighted by atomic mass is 9.99. The van der Waals surface area contributed by atoms with Crippen LogP contribution in [0.5, 0.6) is 0 Å². The molecule has 2 aromatic rings. The van der Waals surface area contributed by atoms with Gasteiger partial charge in [-0.1, -0.05) is 22.0 Å². The molecule has 1 aliphatic heterocycles. The lowest BCUT2D eigenvalue weighted by molar-refractivity contribution is 0.0946. The summed E-state index contributed by atoms with van der Waals surface area (Å²) < 4.78 is 0.970. The van der Waals surface area contributed by atoms with E-state index in [0.29, 0.717) is 11.5 Å². The van der Waals surface area contributed by atoms with Crippen LogP contribution in [0.3, 0.4) is 0 Å². The fraction of sp³-hybridized carbons (Fsp3) is 0.412. The summed E-state index contributed by atoms with van der Waals surface area (Å²) in [7, 11) is 0. The zero-order valence-electron chi connectivity index (χ0n) is 13.5. The van der Waals surface area contributed by atoms with Crippen molar-refractivity contribution in [2.24, 2.45) is 5.92 Å². The Labute approximate surface area is 163 Å². The van der Waals surface area contributed by atoms with Gasteiger partial charge in [0.2, 0.25) is 0 Å². The van der Waals surface area contributed by atoms with Crippen molar-refractivity contribution in [3.8, 4) is 0 Å². The predicted octanol–water partition coefficient (Wildman–Crippen LogP) is 3.88. The van der Waals surface area contributed by atoms with Crippen LogP contribution in [-0.2, 0) is 0 Å². The molecular weight excluding hydrogens is 413 g/mol. The number of carbonyl (C=O) groups is 1. The van der Waals surface area contributed by atoms with Gasteiger partial charge in [0.25, 0.3) is 5.91 Å². The fourth-order valence-electron chi connectivity index (χ4n) is 2.95. The van der Waals surface area contributed by atoms with Crippen LogP contribution in [0, 0.1) is 12.8 Å². The minimum atomic E-state index is -0.0107. The molecule has 1 fully saturated rings. The number of hydrogen-bond donors (Lipinski definition) is 2. The minimum absolute atomic E-state index is 0. The van der Waals surface area contributed by atoms with Crippen molar-refractivity contribution < 1.29 is 4.79 Å². The van der Waals surface area contributed by atoms with Crippen molar-refractivity contribution in [3.05, 3.63) is 40.0 Å². The number of fused-ring (bicyclic) bond motifs is 1. The van der Waals surface area contributed by atoms with E-state index in [1.54, 1.807) is 0 Å². The van der Waals surface area contributed by atoms with E-state index >= 15 is 0 Å². The zero-order chi connectivity index (χ0) is 15.5. The molecule has 1 aromatic carbocycles. The number of nitrogens with one attached hydrogen (secondary N) is 2. The number of benzene rings is 1. The standard InChI is InChI=1S/C17H20BrN3O.2ClH/c1-11-7-15(14-5-4-13(18)8-16(14)21-11)17(22)20-10-12-3-2-6-19-9-12;;/h4-5,7-8,12,19H,2-3,6,9-10H2,1H3,(H,20,22);2*1H. The van der Waals surface area contributed by atoms with E-state index in [-0.39, 0.29) is 30.7 Å². The van der Waals surface area contributed by atoms with Gasteiger partial charge < -0.3 is 10.6 Å². The van der Waals surface area contributed by atoms with Crippen LogP contribution >= 0.6 is 40.7 Å². The van der Waals surface area contributed by atoms with Gasteiger partial charge in [0.15, 0.2) is 0 Å². The first-order valence-electron chi connectivity index (χ1n) is 7.69. The topological polar surface area (TPSA) is 54.0 Å². The Hall–Kier alpha value is -0.880. The van der Waals surface area contributed by atoms with Crippen molar-refractivity contribution >= 4 is 57.6 Å². The first-order chi connectivity index (χ1) is 10.6. The normalized spacial score (nSPS) is 16.8. The molecule has 0 bridgehead atoms. The third kappa shape index (κ3) is 5.06. The Balaban J connectivity index is 0.00000144. The zero-order valence-corrected chi connectivity index (χ0v) is 16.7. The third-order valence-electron chi connectivity index (χ3n) is 4.09. The van der Waals surface area contributed by atoms with Gasteiger partial charge >= 0.3 is 0 Å². The summed E-state index contributed by atoms with van der Waals surface area (Å²) >= 11 is 3.45. The van der Waals surface area contributed by atoms with E-state index in [4.69, 9.17) is 0 Å². The Kier molecular flexibility index (Phi) is 8.43. The predicted molar refractivity (Wildman–Crippen MR) is 107 cm³/mol. The maximum atomic E-state index is 12.6. The molecule has 3 rings (SSSR count). The molecule has 0 spiro atoms. The SMILES string of the molecule is Cc1cc(C(=O)NCC2CCCNC2)c2ccc(Br)cc2n1.Cl.Cl. The molecular formula is C17H22BrCl2N3O. The highest BCUT2D eigenvalue weighted by Gasteiger charge is 2.16. The van der Waals surface area contributed by atoms with Gasteiger partial charge in [-0.25, -0.2) is 0 Å². The number of hydrogen-bond acceptors (Lipinski definition) is 3. The molecule has 1 atom stereocenters. The smallest absolute Gasteiger partial charge is 0.252 e. The van der Waals surface area contributed by atoms with E-state index in [1.807, 2.05) is 31.2 Å². The van der Waals surface area contributed by atoms with Gasteiger partial charge in [-0.2, -0.15) is 0 Å². The van der Waals surface area contributed by atoms with Crippen molar-refractivity contribution in [1.29, 1.82) is 0 Å². The highest BCUT2D eigenvalue weighted by Crippen LogP contribution is 2.22. The molecule has 24 heavy (non-hydrogen) atoms. The maximum absolute atomic E-state index is 12.6. The maximum Gasteiger partial charge on any atom is 0.252 e. The van der Waals surface area contributed by atoms with E-state index in [9.17, 15) is 4.79 Å². The van der Waals surface area contributed by atoms with Crippen molar-refractivity contribution in [2.75, 3.05) is 19.6 Å². The van der Waals surface area contributed by atoms with Crippen molar-refractivity contribution in [2.45, 2.75) is 19.8 Å². The molecule has 0 radical (unpaired) electrons. The minimum Gasteiger partial charge on any atom is -0.352 e. The lowest BCUT2D eigenvalue weighted by Gasteiger charge is -2.23. The van der Waals surface area contributed by atoms with Gasteiger partial charge in [-0.05, 0) is 57.0 Å². The molecule has 1 aliphatic rings. The molecule has 1 amide bonds. The Morgan fingerprint density at radius 1 is 1.38 bits per heavy atom. The highest BCUT2D eigenvalue weighted by atomic mass is 79.9. The molecule has 0 saturated carbocycles. The number of aryl methyl sites for hydroxylation is 1. The quantitative estimate of drug-likeness (QED) is 0.770. The van der Waals surface area contributed by atoms with E-state index < -0.39 is 0 Å². The fourth-order valence-corrected chi connectivity index (χ4v) is 3.30. The largest absolute Gasteiger partial charge is 0.352 e. The van der Waals surface area contributed by atoms with Gasteiger partial charge in [0.05, 0.1) is 11.1 Å². The number of carbonyl (C=O) groups excluding carboxylic acids is 1. The number of piperidine rings is 1. The molecule has 2 heterocycles. The van der Waals surface area contributed by atoms with Crippen LogP contribution in [0.4, 0.5) is 0 Å². The van der Waals surface area contributed by atoms with Crippen LogP contribution in [0.2, 0.25) is 0 Å². The third-order valence-corrected chi connectivity index (χ3v) is 4.59. The summed E-state index contributed by atoms with van der Waals surface area (Å²) in [6.07, 6.45) is 2.36. The molecule has 7 heteroatoms. The average molecular weight is 435 g/mol. The second-order valence-electron chi connectivity index (χ2n) is 5.90. The lowest BCUT2D eigenvalue weighted by Crippen LogP contribution is -2.38. The Morgan fingerprint density at radius 2 is 2.17 bits per heavy atom. The molecule has 1 unspecified atom stereocenters. The molecule has 1 saturated heterocycles. The molecule has 4 nitrogen and oxygen atoms in total. The Bertz CT molecular complexity index is 700. The summed E-state index contributed by atoms with van der Waals surface area (Å²) in [5.41, 5.74) is 2.41. The Morgan fingerprint density at radius 3 is 2.88 bits per heavy atom. The number of rotatable bonds is 3. The summed E-state index contributed by atoms with van der Waals surface area (Å²) in [5.74, 6) is 0.518. The highest BCUT2D eigenvalue weighted by molar-refractivity contribution is 9.10. The summed E-state index contributed by atoms with van der Waals surface area (Å²) in [4.78, 5) is 17.1. The number of halogens is 3. The number of amides is 1. The monoisotopic (exact) mass is 433 g/mol. The molecule has 2 N–H and O–H groups in total. The first kappa shape index (κ1) is 21.2. The van der Waals surface area contributed by atoms with Crippen LogP contribution < -0.4 is 10.6 Å². The number of pyridine rings is 1. The number of nitrogens with zero attached hydrogens (tertiary/aromatic N) is 1. The molecule has 132 valence electrons. The van der Waals surface area contributed by atoms with E-state index in [0.717, 1.165) is 40.7 Å². The van der Waals surface area contributed by atoms with Gasteiger partial charge in [0.1, 0.15) is 0 Å². The number of aromatic nitrogens is 1. The van der Waals surface area contributed by atoms with Gasteiger partial charge in [-0.15, -0.1) is 24.8 Å². The second kappa shape index (κ2) is 9.56. The van der Waals surface area contributed by atoms with Crippen LogP contribution in [0.1, 0.15) is 28.9 Å². The second-order valence-corrected chi connectivity index (χ2v) is 6.81. The average Bonchev–Trinajstić information content (AvgIpc) is 2.52. The summed E-state index contributed by atoms with van der Waals surface area (Å²) in [5, 5.41) is 7.36. The molecule has 0 aliphatic carbocycles. The van der Waals surface area contributed by atoms with Crippen molar-refractivity contribution in [3.63, 3.8) is 0 Å². The van der Waals surface area contributed by atoms with Crippen LogP contribution in [0.25, 0.3) is 10.9 Å². The van der Waals surface area contributed by atoms with Crippen LogP contribution in [-0.4, -0.2) is 30.5 Å². The summed E-state index contributed by atoms with van der Waals surface area (Å²) in [6, 6.07) is 7.71. The molecule has 1 aromatic heterocycles. The van der Waals surface area contributed by atoms with Gasteiger partial charge in [0, 0.05) is 22.1 Å². The van der Waals surface area contributed by atoms with Crippen LogP contribution in [0.15, 0.2) is 28.7 Å². The van der Waals surface area contributed by atoms with Gasteiger partial charge in [-0.3, -0.25) is 9.78 Å². The van der Waals surface area contributed by atoms with Crippen molar-refractivity contribution in [1.82, 2.24) is 15.6 Å². The first-order valence-corrected chi connectivity index (χ1v) is 8.48. The van der Waals surface area contributed by atoms with E-state index in [1.165, 1.54) is 12.8 Å².